The van der Waals surface area contributed by atoms with Crippen molar-refractivity contribution in [1.29, 1.82) is 0 Å². The SMILES string of the molecule is Cc1ccc([N+](=O)[O-])cc1NC(=O)CSc1nc2ccccc2c(=O)n1C1CC1. The van der Waals surface area contributed by atoms with Crippen molar-refractivity contribution in [2.45, 2.75) is 31.0 Å². The third kappa shape index (κ3) is 4.00. The van der Waals surface area contributed by atoms with Crippen LogP contribution in [-0.2, 0) is 4.79 Å². The molecule has 148 valence electrons. The highest BCUT2D eigenvalue weighted by atomic mass is 32.2. The van der Waals surface area contributed by atoms with Crippen LogP contribution in [-0.4, -0.2) is 26.1 Å². The highest BCUT2D eigenvalue weighted by Gasteiger charge is 2.28. The first-order valence-corrected chi connectivity index (χ1v) is 10.1. The summed E-state index contributed by atoms with van der Waals surface area (Å²) in [4.78, 5) is 40.3. The number of nitro groups is 1. The lowest BCUT2D eigenvalue weighted by molar-refractivity contribution is -0.384. The van der Waals surface area contributed by atoms with E-state index in [1.807, 2.05) is 12.1 Å². The Morgan fingerprint density at radius 2 is 2.07 bits per heavy atom. The van der Waals surface area contributed by atoms with Crippen molar-refractivity contribution in [1.82, 2.24) is 9.55 Å². The number of rotatable bonds is 6. The molecule has 0 saturated heterocycles. The van der Waals surface area contributed by atoms with Crippen LogP contribution in [0.2, 0.25) is 0 Å². The largest absolute Gasteiger partial charge is 0.325 e. The molecule has 0 unspecified atom stereocenters. The number of hydrogen-bond acceptors (Lipinski definition) is 6. The van der Waals surface area contributed by atoms with Gasteiger partial charge in [-0.05, 0) is 37.5 Å². The topological polar surface area (TPSA) is 107 Å². The number of nitrogens with one attached hydrogen (secondary N) is 1. The van der Waals surface area contributed by atoms with Crippen LogP contribution in [0, 0.1) is 17.0 Å². The summed E-state index contributed by atoms with van der Waals surface area (Å²) < 4.78 is 1.68. The van der Waals surface area contributed by atoms with Crippen LogP contribution >= 0.6 is 11.8 Å². The lowest BCUT2D eigenvalue weighted by Crippen LogP contribution is -2.23. The second kappa shape index (κ2) is 7.67. The molecule has 4 rings (SSSR count). The molecule has 1 saturated carbocycles. The van der Waals surface area contributed by atoms with E-state index in [0.717, 1.165) is 18.4 Å². The lowest BCUT2D eigenvalue weighted by atomic mass is 10.2. The Morgan fingerprint density at radius 1 is 1.31 bits per heavy atom. The number of amides is 1. The maximum absolute atomic E-state index is 12.9. The van der Waals surface area contributed by atoms with Gasteiger partial charge in [-0.2, -0.15) is 0 Å². The molecule has 0 atom stereocenters. The van der Waals surface area contributed by atoms with Gasteiger partial charge >= 0.3 is 0 Å². The summed E-state index contributed by atoms with van der Waals surface area (Å²) in [5.41, 5.74) is 1.56. The van der Waals surface area contributed by atoms with E-state index in [9.17, 15) is 19.7 Å². The molecule has 0 aliphatic heterocycles. The molecule has 1 heterocycles. The number of thioether (sulfide) groups is 1. The van der Waals surface area contributed by atoms with E-state index in [0.29, 0.717) is 21.7 Å². The van der Waals surface area contributed by atoms with Crippen molar-refractivity contribution in [2.24, 2.45) is 0 Å². The van der Waals surface area contributed by atoms with Gasteiger partial charge in [-0.1, -0.05) is 30.0 Å². The number of aromatic nitrogens is 2. The van der Waals surface area contributed by atoms with Crippen molar-refractivity contribution in [2.75, 3.05) is 11.1 Å². The molecule has 3 aromatic rings. The summed E-state index contributed by atoms with van der Waals surface area (Å²) in [5, 5.41) is 14.8. The zero-order chi connectivity index (χ0) is 20.5. The smallest absolute Gasteiger partial charge is 0.271 e. The number of carbonyl (C=O) groups is 1. The molecule has 29 heavy (non-hydrogen) atoms. The number of carbonyl (C=O) groups excluding carboxylic acids is 1. The van der Waals surface area contributed by atoms with E-state index in [1.165, 1.54) is 23.9 Å². The van der Waals surface area contributed by atoms with E-state index in [4.69, 9.17) is 0 Å². The third-order valence-corrected chi connectivity index (χ3v) is 5.68. The van der Waals surface area contributed by atoms with E-state index >= 15 is 0 Å². The molecule has 1 aliphatic rings. The van der Waals surface area contributed by atoms with Crippen molar-refractivity contribution in [3.8, 4) is 0 Å². The molecule has 1 aromatic heterocycles. The average Bonchev–Trinajstić information content (AvgIpc) is 3.53. The van der Waals surface area contributed by atoms with Crippen LogP contribution in [0.5, 0.6) is 0 Å². The zero-order valence-electron chi connectivity index (χ0n) is 15.6. The number of non-ortho nitro benzene ring substituents is 1. The van der Waals surface area contributed by atoms with Crippen molar-refractivity contribution in [3.63, 3.8) is 0 Å². The summed E-state index contributed by atoms with van der Waals surface area (Å²) in [6.07, 6.45) is 1.85. The maximum Gasteiger partial charge on any atom is 0.271 e. The van der Waals surface area contributed by atoms with Gasteiger partial charge in [0.25, 0.3) is 11.2 Å². The van der Waals surface area contributed by atoms with Gasteiger partial charge in [0.05, 0.1) is 27.3 Å². The van der Waals surface area contributed by atoms with Gasteiger partial charge in [-0.3, -0.25) is 24.3 Å². The normalized spacial score (nSPS) is 13.4. The predicted molar refractivity (Wildman–Crippen MR) is 111 cm³/mol. The van der Waals surface area contributed by atoms with Crippen LogP contribution < -0.4 is 10.9 Å². The monoisotopic (exact) mass is 410 g/mol. The Bertz CT molecular complexity index is 1190. The van der Waals surface area contributed by atoms with Crippen molar-refractivity contribution >= 4 is 39.9 Å². The van der Waals surface area contributed by atoms with E-state index in [1.54, 1.807) is 29.7 Å². The minimum Gasteiger partial charge on any atom is -0.325 e. The second-order valence-electron chi connectivity index (χ2n) is 6.91. The highest BCUT2D eigenvalue weighted by molar-refractivity contribution is 7.99. The van der Waals surface area contributed by atoms with Crippen LogP contribution in [0.1, 0.15) is 24.4 Å². The van der Waals surface area contributed by atoms with Crippen LogP contribution in [0.15, 0.2) is 52.4 Å². The summed E-state index contributed by atoms with van der Waals surface area (Å²) >= 11 is 1.19. The van der Waals surface area contributed by atoms with Crippen molar-refractivity contribution in [3.05, 3.63) is 68.5 Å². The molecule has 2 aromatic carbocycles. The van der Waals surface area contributed by atoms with Gasteiger partial charge in [-0.15, -0.1) is 0 Å². The molecular formula is C20H18N4O4S. The average molecular weight is 410 g/mol. The number of aryl methyl sites for hydroxylation is 1. The first-order valence-electron chi connectivity index (χ1n) is 9.13. The minimum atomic E-state index is -0.503. The first-order chi connectivity index (χ1) is 13.9. The number of fused-ring (bicyclic) bond motifs is 1. The number of benzene rings is 2. The first kappa shape index (κ1) is 19.1. The Balaban J connectivity index is 1.55. The summed E-state index contributed by atoms with van der Waals surface area (Å²) in [6, 6.07) is 11.6. The quantitative estimate of drug-likeness (QED) is 0.287. The van der Waals surface area contributed by atoms with Crippen LogP contribution in [0.25, 0.3) is 10.9 Å². The Labute approximate surface area is 170 Å². The Kier molecular flexibility index (Phi) is 5.06. The molecule has 9 heteroatoms. The van der Waals surface area contributed by atoms with Gasteiger partial charge < -0.3 is 5.32 Å². The van der Waals surface area contributed by atoms with Crippen molar-refractivity contribution < 1.29 is 9.72 Å². The highest BCUT2D eigenvalue weighted by Crippen LogP contribution is 2.36. The Hall–Kier alpha value is -3.20. The molecule has 0 radical (unpaired) electrons. The van der Waals surface area contributed by atoms with Gasteiger partial charge in [-0.25, -0.2) is 4.98 Å². The number of anilines is 1. The van der Waals surface area contributed by atoms with E-state index < -0.39 is 4.92 Å². The molecule has 1 amide bonds. The minimum absolute atomic E-state index is 0.0413. The number of hydrogen-bond donors (Lipinski definition) is 1. The van der Waals surface area contributed by atoms with E-state index in [-0.39, 0.29) is 28.9 Å². The van der Waals surface area contributed by atoms with Crippen LogP contribution in [0.4, 0.5) is 11.4 Å². The summed E-state index contributed by atoms with van der Waals surface area (Å²) in [6.45, 7) is 1.77. The second-order valence-corrected chi connectivity index (χ2v) is 7.85. The fraction of sp³-hybridized carbons (Fsp3) is 0.250. The lowest BCUT2D eigenvalue weighted by Gasteiger charge is -2.12. The van der Waals surface area contributed by atoms with Gasteiger partial charge in [0.15, 0.2) is 5.16 Å². The molecule has 1 N–H and O–H groups in total. The Morgan fingerprint density at radius 3 is 2.79 bits per heavy atom. The number of para-hydroxylation sites is 1. The number of nitrogens with zero attached hydrogens (tertiary/aromatic N) is 3. The fourth-order valence-electron chi connectivity index (χ4n) is 3.06. The van der Waals surface area contributed by atoms with E-state index in [2.05, 4.69) is 10.3 Å². The molecular weight excluding hydrogens is 392 g/mol. The molecule has 1 aliphatic carbocycles. The summed E-state index contributed by atoms with van der Waals surface area (Å²) in [7, 11) is 0. The van der Waals surface area contributed by atoms with Gasteiger partial charge in [0.1, 0.15) is 0 Å². The third-order valence-electron chi connectivity index (χ3n) is 4.73. The molecule has 8 nitrogen and oxygen atoms in total. The fourth-order valence-corrected chi connectivity index (χ4v) is 3.92. The predicted octanol–water partition coefficient (Wildman–Crippen LogP) is 3.68. The molecule has 0 bridgehead atoms. The van der Waals surface area contributed by atoms with Crippen LogP contribution in [0.3, 0.4) is 0 Å². The molecule has 1 fully saturated rings. The number of nitro benzene ring substituents is 1. The van der Waals surface area contributed by atoms with Gasteiger partial charge in [0, 0.05) is 18.2 Å². The maximum atomic E-state index is 12.9. The zero-order valence-corrected chi connectivity index (χ0v) is 16.4. The van der Waals surface area contributed by atoms with Gasteiger partial charge in [0.2, 0.25) is 5.91 Å². The summed E-state index contributed by atoms with van der Waals surface area (Å²) in [5.74, 6) is -0.275. The molecule has 0 spiro atoms. The standard InChI is InChI=1S/C20H18N4O4S/c1-12-6-7-14(24(27)28)10-17(12)21-18(25)11-29-20-22-16-5-3-2-4-15(16)19(26)23(20)13-8-9-13/h2-7,10,13H,8-9,11H2,1H3,(H,21,25).